The summed E-state index contributed by atoms with van der Waals surface area (Å²) in [7, 11) is -3.31. The number of aromatic nitrogens is 2. The van der Waals surface area contributed by atoms with Gasteiger partial charge in [0.2, 0.25) is 15.0 Å². The molecule has 1 aromatic heterocycles. The zero-order valence-corrected chi connectivity index (χ0v) is 10.9. The molecule has 84 valence electrons. The molecule has 0 aliphatic heterocycles. The van der Waals surface area contributed by atoms with Gasteiger partial charge in [-0.25, -0.2) is 13.4 Å². The summed E-state index contributed by atoms with van der Waals surface area (Å²) < 4.78 is 25.4. The van der Waals surface area contributed by atoms with E-state index in [4.69, 9.17) is 0 Å². The molecule has 0 aliphatic carbocycles. The molecule has 1 aromatic carbocycles. The van der Waals surface area contributed by atoms with Gasteiger partial charge in [0, 0.05) is 28.8 Å². The van der Waals surface area contributed by atoms with E-state index < -0.39 is 9.84 Å². The lowest BCUT2D eigenvalue weighted by atomic mass is 10.3. The molecular formula is C10H9BrN2O2S. The number of halogens is 1. The van der Waals surface area contributed by atoms with Crippen molar-refractivity contribution in [1.82, 2.24) is 9.55 Å². The average molecular weight is 301 g/mol. The monoisotopic (exact) mass is 300 g/mol. The van der Waals surface area contributed by atoms with Gasteiger partial charge in [0.1, 0.15) is 0 Å². The number of rotatable bonds is 2. The summed E-state index contributed by atoms with van der Waals surface area (Å²) in [6, 6.07) is 7.36. The number of benzene rings is 1. The second-order valence-electron chi connectivity index (χ2n) is 3.33. The van der Waals surface area contributed by atoms with Crippen LogP contribution in [-0.2, 0) is 9.84 Å². The third kappa shape index (κ3) is 2.17. The van der Waals surface area contributed by atoms with Crippen LogP contribution >= 0.6 is 15.9 Å². The normalized spacial score (nSPS) is 11.6. The Bertz CT molecular complexity index is 619. The first-order valence-corrected chi connectivity index (χ1v) is 7.16. The van der Waals surface area contributed by atoms with E-state index in [1.807, 2.05) is 24.3 Å². The van der Waals surface area contributed by atoms with Gasteiger partial charge in [-0.05, 0) is 18.2 Å². The molecule has 0 spiro atoms. The van der Waals surface area contributed by atoms with E-state index in [2.05, 4.69) is 20.9 Å². The Morgan fingerprint density at radius 3 is 2.75 bits per heavy atom. The van der Waals surface area contributed by atoms with Crippen LogP contribution < -0.4 is 0 Å². The van der Waals surface area contributed by atoms with Crippen LogP contribution in [-0.4, -0.2) is 24.2 Å². The van der Waals surface area contributed by atoms with Crippen molar-refractivity contribution in [3.63, 3.8) is 0 Å². The fourth-order valence-electron chi connectivity index (χ4n) is 1.39. The predicted octanol–water partition coefficient (Wildman–Crippen LogP) is 2.04. The van der Waals surface area contributed by atoms with Crippen LogP contribution in [0.15, 0.2) is 46.3 Å². The van der Waals surface area contributed by atoms with E-state index in [0.717, 1.165) is 16.4 Å². The molecule has 2 aromatic rings. The highest BCUT2D eigenvalue weighted by molar-refractivity contribution is 9.10. The number of hydrogen-bond acceptors (Lipinski definition) is 3. The minimum absolute atomic E-state index is 0.0469. The van der Waals surface area contributed by atoms with Gasteiger partial charge in [-0.2, -0.15) is 0 Å². The largest absolute Gasteiger partial charge is 0.291 e. The molecule has 2 rings (SSSR count). The molecular weight excluding hydrogens is 292 g/mol. The fourth-order valence-corrected chi connectivity index (χ4v) is 2.55. The van der Waals surface area contributed by atoms with Gasteiger partial charge in [0.05, 0.1) is 0 Å². The van der Waals surface area contributed by atoms with Crippen molar-refractivity contribution in [3.8, 4) is 5.69 Å². The smallest absolute Gasteiger partial charge is 0.231 e. The Labute approximate surface area is 102 Å². The Morgan fingerprint density at radius 2 is 2.12 bits per heavy atom. The lowest BCUT2D eigenvalue weighted by molar-refractivity contribution is 0.590. The Balaban J connectivity index is 2.62. The van der Waals surface area contributed by atoms with Crippen molar-refractivity contribution in [3.05, 3.63) is 41.1 Å². The quantitative estimate of drug-likeness (QED) is 0.853. The van der Waals surface area contributed by atoms with Gasteiger partial charge < -0.3 is 0 Å². The first-order valence-electron chi connectivity index (χ1n) is 4.48. The molecule has 0 saturated carbocycles. The van der Waals surface area contributed by atoms with Crippen molar-refractivity contribution in [2.45, 2.75) is 5.16 Å². The summed E-state index contributed by atoms with van der Waals surface area (Å²) in [6.07, 6.45) is 4.24. The second kappa shape index (κ2) is 4.03. The third-order valence-electron chi connectivity index (χ3n) is 2.02. The predicted molar refractivity (Wildman–Crippen MR) is 64.4 cm³/mol. The first-order chi connectivity index (χ1) is 7.48. The van der Waals surface area contributed by atoms with Crippen molar-refractivity contribution in [2.75, 3.05) is 6.26 Å². The van der Waals surface area contributed by atoms with Crippen molar-refractivity contribution >= 4 is 25.8 Å². The minimum Gasteiger partial charge on any atom is -0.291 e. The number of sulfone groups is 1. The first kappa shape index (κ1) is 11.3. The van der Waals surface area contributed by atoms with Crippen LogP contribution in [0.25, 0.3) is 5.69 Å². The van der Waals surface area contributed by atoms with E-state index in [-0.39, 0.29) is 5.16 Å². The molecule has 0 bridgehead atoms. The van der Waals surface area contributed by atoms with E-state index in [1.165, 1.54) is 6.20 Å². The van der Waals surface area contributed by atoms with Gasteiger partial charge in [-0.15, -0.1) is 0 Å². The minimum atomic E-state index is -3.31. The summed E-state index contributed by atoms with van der Waals surface area (Å²) in [5.41, 5.74) is 0.757. The SMILES string of the molecule is CS(=O)(=O)c1nccn1-c1cccc(Br)c1. The molecule has 6 heteroatoms. The molecule has 1 heterocycles. The lowest BCUT2D eigenvalue weighted by Gasteiger charge is -2.06. The second-order valence-corrected chi connectivity index (χ2v) is 6.16. The Hall–Kier alpha value is -1.14. The Kier molecular flexibility index (Phi) is 2.86. The van der Waals surface area contributed by atoms with Crippen LogP contribution in [0.4, 0.5) is 0 Å². The molecule has 0 radical (unpaired) electrons. The topological polar surface area (TPSA) is 52.0 Å². The molecule has 16 heavy (non-hydrogen) atoms. The summed E-state index contributed by atoms with van der Waals surface area (Å²) >= 11 is 3.34. The van der Waals surface area contributed by atoms with Crippen molar-refractivity contribution in [1.29, 1.82) is 0 Å². The van der Waals surface area contributed by atoms with Gasteiger partial charge in [-0.3, -0.25) is 4.57 Å². The summed E-state index contributed by atoms with van der Waals surface area (Å²) in [6.45, 7) is 0. The van der Waals surface area contributed by atoms with Crippen LogP contribution in [0.3, 0.4) is 0 Å². The molecule has 0 atom stereocenters. The molecule has 0 fully saturated rings. The maximum Gasteiger partial charge on any atom is 0.231 e. The van der Waals surface area contributed by atoms with Crippen LogP contribution in [0.5, 0.6) is 0 Å². The molecule has 4 nitrogen and oxygen atoms in total. The Morgan fingerprint density at radius 1 is 1.38 bits per heavy atom. The number of nitrogens with zero attached hydrogens (tertiary/aromatic N) is 2. The lowest BCUT2D eigenvalue weighted by Crippen LogP contribution is -2.07. The summed E-state index contributed by atoms with van der Waals surface area (Å²) in [5, 5.41) is 0.0469. The van der Waals surface area contributed by atoms with E-state index in [0.29, 0.717) is 0 Å². The average Bonchev–Trinajstić information content (AvgIpc) is 2.65. The van der Waals surface area contributed by atoms with E-state index in [9.17, 15) is 8.42 Å². The highest BCUT2D eigenvalue weighted by Crippen LogP contribution is 2.18. The maximum absolute atomic E-state index is 11.5. The van der Waals surface area contributed by atoms with Crippen LogP contribution in [0.1, 0.15) is 0 Å². The molecule has 0 saturated heterocycles. The van der Waals surface area contributed by atoms with Gasteiger partial charge >= 0.3 is 0 Å². The number of imidazole rings is 1. The van der Waals surface area contributed by atoms with Crippen LogP contribution in [0.2, 0.25) is 0 Å². The third-order valence-corrected chi connectivity index (χ3v) is 3.48. The zero-order chi connectivity index (χ0) is 11.8. The highest BCUT2D eigenvalue weighted by Gasteiger charge is 2.15. The molecule has 0 unspecified atom stereocenters. The summed E-state index contributed by atoms with van der Waals surface area (Å²) in [5.74, 6) is 0. The standard InChI is InChI=1S/C10H9BrN2O2S/c1-16(14,15)10-12-5-6-13(10)9-4-2-3-8(11)7-9/h2-7H,1H3. The molecule has 0 amide bonds. The van der Waals surface area contributed by atoms with Gasteiger partial charge in [-0.1, -0.05) is 22.0 Å². The van der Waals surface area contributed by atoms with Gasteiger partial charge in [0.25, 0.3) is 0 Å². The van der Waals surface area contributed by atoms with Crippen molar-refractivity contribution < 1.29 is 8.42 Å². The van der Waals surface area contributed by atoms with Crippen molar-refractivity contribution in [2.24, 2.45) is 0 Å². The molecule has 0 N–H and O–H groups in total. The fraction of sp³-hybridized carbons (Fsp3) is 0.100. The molecule has 0 aliphatic rings. The van der Waals surface area contributed by atoms with E-state index >= 15 is 0 Å². The zero-order valence-electron chi connectivity index (χ0n) is 8.46. The maximum atomic E-state index is 11.5. The summed E-state index contributed by atoms with van der Waals surface area (Å²) in [4.78, 5) is 3.85. The highest BCUT2D eigenvalue weighted by atomic mass is 79.9. The van der Waals surface area contributed by atoms with E-state index in [1.54, 1.807) is 10.8 Å². The number of hydrogen-bond donors (Lipinski definition) is 0. The van der Waals surface area contributed by atoms with Crippen LogP contribution in [0, 0.1) is 0 Å². The van der Waals surface area contributed by atoms with Gasteiger partial charge in [0.15, 0.2) is 0 Å².